The Morgan fingerprint density at radius 2 is 1.77 bits per heavy atom. The number of hydrogen-bond acceptors (Lipinski definition) is 6. The first-order valence-corrected chi connectivity index (χ1v) is 11.2. The van der Waals surface area contributed by atoms with Gasteiger partial charge >= 0.3 is 0 Å². The summed E-state index contributed by atoms with van der Waals surface area (Å²) >= 11 is 0. The maximum Gasteiger partial charge on any atom is 0.240 e. The molecule has 2 aromatic carbocycles. The Balaban J connectivity index is 1.67. The number of sulfonamides is 1. The van der Waals surface area contributed by atoms with E-state index in [1.54, 1.807) is 0 Å². The Morgan fingerprint density at radius 3 is 2.40 bits per heavy atom. The van der Waals surface area contributed by atoms with Gasteiger partial charge in [-0.25, -0.2) is 17.5 Å². The van der Waals surface area contributed by atoms with E-state index < -0.39 is 40.2 Å². The topological polar surface area (TPSA) is 99.1 Å². The monoisotopic (exact) mass is 438 g/mol. The maximum absolute atomic E-state index is 13.1. The largest absolute Gasteiger partial charge is 0.394 e. The van der Waals surface area contributed by atoms with Crippen LogP contribution in [0, 0.1) is 5.82 Å². The Hall–Kier alpha value is -1.88. The van der Waals surface area contributed by atoms with E-state index in [0.717, 1.165) is 24.1 Å². The highest BCUT2D eigenvalue weighted by Gasteiger charge is 2.45. The van der Waals surface area contributed by atoms with Gasteiger partial charge in [0.1, 0.15) is 18.0 Å². The van der Waals surface area contributed by atoms with Crippen LogP contribution in [0.1, 0.15) is 5.56 Å². The summed E-state index contributed by atoms with van der Waals surface area (Å²) in [6.45, 7) is 0.160. The van der Waals surface area contributed by atoms with E-state index in [4.69, 9.17) is 4.74 Å². The van der Waals surface area contributed by atoms with Gasteiger partial charge in [0.25, 0.3) is 0 Å². The third-order valence-corrected chi connectivity index (χ3v) is 6.78. The molecule has 7 nitrogen and oxygen atoms in total. The molecule has 1 heterocycles. The van der Waals surface area contributed by atoms with Gasteiger partial charge in [0.15, 0.2) is 0 Å². The minimum absolute atomic E-state index is 0.0601. The fraction of sp³-hybridized carbons (Fsp3) is 0.429. The first-order chi connectivity index (χ1) is 14.3. The van der Waals surface area contributed by atoms with Gasteiger partial charge in [-0.1, -0.05) is 30.3 Å². The Kier molecular flexibility index (Phi) is 7.56. The molecule has 30 heavy (non-hydrogen) atoms. The van der Waals surface area contributed by atoms with E-state index in [1.807, 2.05) is 42.3 Å². The van der Waals surface area contributed by atoms with Crippen molar-refractivity contribution in [3.8, 4) is 0 Å². The highest BCUT2D eigenvalue weighted by molar-refractivity contribution is 7.89. The van der Waals surface area contributed by atoms with Gasteiger partial charge in [-0.3, -0.25) is 4.90 Å². The normalized spacial score (nSPS) is 24.4. The lowest BCUT2D eigenvalue weighted by Crippen LogP contribution is -2.50. The minimum Gasteiger partial charge on any atom is -0.394 e. The van der Waals surface area contributed by atoms with Gasteiger partial charge < -0.3 is 14.9 Å². The van der Waals surface area contributed by atoms with Crippen LogP contribution < -0.4 is 4.72 Å². The van der Waals surface area contributed by atoms with Crippen molar-refractivity contribution in [2.75, 3.05) is 26.7 Å². The number of nitrogens with one attached hydrogen (secondary N) is 1. The number of nitrogens with zero attached hydrogens (tertiary/aromatic N) is 1. The average Bonchev–Trinajstić information content (AvgIpc) is 3.07. The third kappa shape index (κ3) is 5.42. The summed E-state index contributed by atoms with van der Waals surface area (Å²) in [7, 11) is -2.04. The van der Waals surface area contributed by atoms with Gasteiger partial charge in [-0.05, 0) is 43.3 Å². The van der Waals surface area contributed by atoms with Crippen molar-refractivity contribution in [1.29, 1.82) is 0 Å². The predicted molar refractivity (Wildman–Crippen MR) is 110 cm³/mol. The van der Waals surface area contributed by atoms with E-state index in [-0.39, 0.29) is 18.0 Å². The molecular weight excluding hydrogens is 411 g/mol. The lowest BCUT2D eigenvalue weighted by molar-refractivity contribution is -0.0201. The second-order valence-electron chi connectivity index (χ2n) is 7.40. The van der Waals surface area contributed by atoms with Gasteiger partial charge in [0, 0.05) is 13.1 Å². The first-order valence-electron chi connectivity index (χ1n) is 9.75. The minimum atomic E-state index is -3.87. The molecule has 0 aromatic heterocycles. The first kappa shape index (κ1) is 22.8. The fourth-order valence-electron chi connectivity index (χ4n) is 3.68. The molecular formula is C21H27FN2O5S. The molecule has 0 bridgehead atoms. The number of likely N-dealkylation sites (N-methyl/N-ethyl adjacent to an activating group) is 1. The van der Waals surface area contributed by atoms with Crippen LogP contribution in [-0.4, -0.2) is 74.6 Å². The number of halogens is 1. The quantitative estimate of drug-likeness (QED) is 0.535. The standard InChI is InChI=1S/C21H27FN2O5S/c1-24(12-11-15-5-3-2-4-6-15)20-18(29-19(14-25)21(20)26)13-23-30(27,28)17-9-7-16(22)8-10-17/h2-10,18-21,23,25-26H,11-14H2,1H3. The molecule has 1 saturated heterocycles. The van der Waals surface area contributed by atoms with Gasteiger partial charge in [-0.2, -0.15) is 0 Å². The van der Waals surface area contributed by atoms with Crippen LogP contribution in [0.25, 0.3) is 0 Å². The molecule has 1 aliphatic heterocycles. The molecule has 0 spiro atoms. The lowest BCUT2D eigenvalue weighted by Gasteiger charge is -2.30. The summed E-state index contributed by atoms with van der Waals surface area (Å²) in [5.41, 5.74) is 1.14. The summed E-state index contributed by atoms with van der Waals surface area (Å²) in [4.78, 5) is 1.86. The van der Waals surface area contributed by atoms with Crippen molar-refractivity contribution < 1.29 is 27.8 Å². The van der Waals surface area contributed by atoms with E-state index in [9.17, 15) is 23.0 Å². The molecule has 1 fully saturated rings. The van der Waals surface area contributed by atoms with Crippen LogP contribution >= 0.6 is 0 Å². The van der Waals surface area contributed by atoms with Crippen LogP contribution in [0.4, 0.5) is 4.39 Å². The van der Waals surface area contributed by atoms with E-state index in [0.29, 0.717) is 6.54 Å². The molecule has 1 aliphatic rings. The number of aliphatic hydroxyl groups is 2. The Bertz CT molecular complexity index is 911. The fourth-order valence-corrected chi connectivity index (χ4v) is 4.72. The molecule has 3 N–H and O–H groups in total. The molecule has 4 atom stereocenters. The third-order valence-electron chi connectivity index (χ3n) is 5.34. The highest BCUT2D eigenvalue weighted by Crippen LogP contribution is 2.25. The van der Waals surface area contributed by atoms with Crippen LogP contribution in [0.5, 0.6) is 0 Å². The van der Waals surface area contributed by atoms with Crippen LogP contribution in [0.3, 0.4) is 0 Å². The van der Waals surface area contributed by atoms with Crippen molar-refractivity contribution in [3.05, 3.63) is 66.0 Å². The summed E-state index contributed by atoms with van der Waals surface area (Å²) in [6.07, 6.45) is -1.67. The van der Waals surface area contributed by atoms with E-state index >= 15 is 0 Å². The number of ether oxygens (including phenoxy) is 1. The second kappa shape index (κ2) is 9.95. The summed E-state index contributed by atoms with van der Waals surface area (Å²) in [5.74, 6) is -0.526. The molecule has 4 unspecified atom stereocenters. The van der Waals surface area contributed by atoms with Crippen molar-refractivity contribution >= 4 is 10.0 Å². The smallest absolute Gasteiger partial charge is 0.240 e. The summed E-state index contributed by atoms with van der Waals surface area (Å²) in [5, 5.41) is 20.1. The molecule has 3 rings (SSSR count). The zero-order valence-electron chi connectivity index (χ0n) is 16.7. The second-order valence-corrected chi connectivity index (χ2v) is 9.17. The Morgan fingerprint density at radius 1 is 1.10 bits per heavy atom. The zero-order chi connectivity index (χ0) is 21.7. The number of aliphatic hydroxyl groups excluding tert-OH is 2. The van der Waals surface area contributed by atoms with Gasteiger partial charge in [0.05, 0.1) is 23.6 Å². The zero-order valence-corrected chi connectivity index (χ0v) is 17.5. The predicted octanol–water partition coefficient (Wildman–Crippen LogP) is 0.768. The highest BCUT2D eigenvalue weighted by atomic mass is 32.2. The number of benzene rings is 2. The molecule has 0 amide bonds. The maximum atomic E-state index is 13.1. The van der Waals surface area contributed by atoms with Crippen LogP contribution in [0.15, 0.2) is 59.5 Å². The van der Waals surface area contributed by atoms with E-state index in [1.165, 1.54) is 12.1 Å². The van der Waals surface area contributed by atoms with Crippen molar-refractivity contribution in [2.24, 2.45) is 0 Å². The number of rotatable bonds is 9. The lowest BCUT2D eigenvalue weighted by atomic mass is 10.0. The molecule has 2 aromatic rings. The van der Waals surface area contributed by atoms with Crippen LogP contribution in [0.2, 0.25) is 0 Å². The average molecular weight is 439 g/mol. The number of hydrogen-bond donors (Lipinski definition) is 3. The van der Waals surface area contributed by atoms with Crippen LogP contribution in [-0.2, 0) is 21.2 Å². The molecule has 164 valence electrons. The molecule has 0 aliphatic carbocycles. The Labute approximate surface area is 176 Å². The van der Waals surface area contributed by atoms with Crippen molar-refractivity contribution in [3.63, 3.8) is 0 Å². The van der Waals surface area contributed by atoms with Gasteiger partial charge in [-0.15, -0.1) is 0 Å². The molecule has 0 radical (unpaired) electrons. The molecule has 0 saturated carbocycles. The molecule has 9 heteroatoms. The SMILES string of the molecule is CN(CCc1ccccc1)C1C(CNS(=O)(=O)c2ccc(F)cc2)OC(CO)C1O. The van der Waals surface area contributed by atoms with Crippen molar-refractivity contribution in [1.82, 2.24) is 9.62 Å². The summed E-state index contributed by atoms with van der Waals surface area (Å²) < 4.78 is 46.3. The van der Waals surface area contributed by atoms with Gasteiger partial charge in [0.2, 0.25) is 10.0 Å². The van der Waals surface area contributed by atoms with Crippen molar-refractivity contribution in [2.45, 2.75) is 35.7 Å². The van der Waals surface area contributed by atoms with E-state index in [2.05, 4.69) is 4.72 Å². The summed E-state index contributed by atoms with van der Waals surface area (Å²) in [6, 6.07) is 13.9.